The number of halogens is 2. The van der Waals surface area contributed by atoms with Crippen LogP contribution in [0.2, 0.25) is 0 Å². The summed E-state index contributed by atoms with van der Waals surface area (Å²) in [7, 11) is 1.50. The zero-order valence-corrected chi connectivity index (χ0v) is 12.4. The van der Waals surface area contributed by atoms with E-state index in [4.69, 9.17) is 16.3 Å². The summed E-state index contributed by atoms with van der Waals surface area (Å²) in [4.78, 5) is 22.1. The summed E-state index contributed by atoms with van der Waals surface area (Å²) < 4.78 is 5.36. The topological polar surface area (TPSA) is 81.5 Å². The van der Waals surface area contributed by atoms with Crippen molar-refractivity contribution in [2.45, 2.75) is 6.04 Å². The molecule has 0 fully saturated rings. The number of amides is 1. The molecule has 19 heavy (non-hydrogen) atoms. The second kappa shape index (κ2) is 7.42. The van der Waals surface area contributed by atoms with Gasteiger partial charge in [-0.05, 0) is 6.07 Å². The van der Waals surface area contributed by atoms with Gasteiger partial charge < -0.3 is 10.1 Å². The van der Waals surface area contributed by atoms with Crippen LogP contribution in [0.4, 0.5) is 5.69 Å². The number of alkyl halides is 1. The lowest BCUT2D eigenvalue weighted by Crippen LogP contribution is -2.39. The fraction of sp³-hybridized carbons (Fsp3) is 0.364. The Morgan fingerprint density at radius 1 is 1.58 bits per heavy atom. The largest absolute Gasteiger partial charge is 0.383 e. The van der Waals surface area contributed by atoms with E-state index in [2.05, 4.69) is 21.2 Å². The Balaban J connectivity index is 2.90. The second-order valence-electron chi connectivity index (χ2n) is 3.74. The first-order valence-corrected chi connectivity index (χ1v) is 6.61. The van der Waals surface area contributed by atoms with Gasteiger partial charge in [0.05, 0.1) is 17.6 Å². The van der Waals surface area contributed by atoms with E-state index in [1.807, 2.05) is 0 Å². The minimum atomic E-state index is -0.560. The number of nitrogens with one attached hydrogen (secondary N) is 1. The number of hydrogen-bond acceptors (Lipinski definition) is 4. The van der Waals surface area contributed by atoms with E-state index < -0.39 is 10.8 Å². The Labute approximate surface area is 123 Å². The Morgan fingerprint density at radius 3 is 2.79 bits per heavy atom. The van der Waals surface area contributed by atoms with E-state index in [-0.39, 0.29) is 29.8 Å². The molecular weight excluding hydrogens is 339 g/mol. The molecular formula is C11H12BrClN2O4. The third-order valence-electron chi connectivity index (χ3n) is 2.24. The van der Waals surface area contributed by atoms with Crippen molar-refractivity contribution < 1.29 is 14.5 Å². The van der Waals surface area contributed by atoms with Gasteiger partial charge in [-0.15, -0.1) is 11.6 Å². The molecule has 0 aliphatic carbocycles. The molecule has 1 aromatic carbocycles. The maximum atomic E-state index is 11.9. The van der Waals surface area contributed by atoms with Crippen molar-refractivity contribution in [3.63, 3.8) is 0 Å². The fourth-order valence-electron chi connectivity index (χ4n) is 1.41. The zero-order valence-electron chi connectivity index (χ0n) is 10.1. The maximum absolute atomic E-state index is 11.9. The number of ether oxygens (including phenoxy) is 1. The third-order valence-corrected chi connectivity index (χ3v) is 3.08. The number of nitrogens with zero attached hydrogens (tertiary/aromatic N) is 1. The highest BCUT2D eigenvalue weighted by Gasteiger charge is 2.16. The van der Waals surface area contributed by atoms with Gasteiger partial charge in [0.2, 0.25) is 0 Å². The van der Waals surface area contributed by atoms with Crippen LogP contribution in [0, 0.1) is 10.1 Å². The van der Waals surface area contributed by atoms with Crippen molar-refractivity contribution in [3.05, 3.63) is 38.3 Å². The maximum Gasteiger partial charge on any atom is 0.271 e. The molecule has 1 N–H and O–H groups in total. The van der Waals surface area contributed by atoms with Gasteiger partial charge in [-0.1, -0.05) is 15.9 Å². The smallest absolute Gasteiger partial charge is 0.271 e. The predicted octanol–water partition coefficient (Wildman–Crippen LogP) is 2.34. The molecule has 0 saturated heterocycles. The predicted molar refractivity (Wildman–Crippen MR) is 74.6 cm³/mol. The lowest BCUT2D eigenvalue weighted by molar-refractivity contribution is -0.385. The summed E-state index contributed by atoms with van der Waals surface area (Å²) in [5.74, 6) is -0.248. The van der Waals surface area contributed by atoms with Gasteiger partial charge in [-0.2, -0.15) is 0 Å². The van der Waals surface area contributed by atoms with Crippen molar-refractivity contribution in [3.8, 4) is 0 Å². The molecule has 1 rings (SSSR count). The number of hydrogen-bond donors (Lipinski definition) is 1. The first-order valence-electron chi connectivity index (χ1n) is 5.28. The number of non-ortho nitro benzene ring substituents is 1. The van der Waals surface area contributed by atoms with Crippen molar-refractivity contribution in [2.75, 3.05) is 19.6 Å². The van der Waals surface area contributed by atoms with E-state index >= 15 is 0 Å². The summed E-state index contributed by atoms with van der Waals surface area (Å²) in [6, 6.07) is 3.68. The van der Waals surface area contributed by atoms with Crippen LogP contribution in [0.1, 0.15) is 10.4 Å². The molecule has 0 saturated carbocycles. The van der Waals surface area contributed by atoms with E-state index in [1.165, 1.54) is 25.3 Å². The number of rotatable bonds is 6. The minimum Gasteiger partial charge on any atom is -0.383 e. The number of benzene rings is 1. The van der Waals surface area contributed by atoms with Crippen molar-refractivity contribution in [1.82, 2.24) is 5.32 Å². The van der Waals surface area contributed by atoms with Crippen molar-refractivity contribution in [1.29, 1.82) is 0 Å². The average Bonchev–Trinajstić information content (AvgIpc) is 2.37. The monoisotopic (exact) mass is 350 g/mol. The molecule has 0 aliphatic rings. The summed E-state index contributed by atoms with van der Waals surface area (Å²) in [5, 5.41) is 13.4. The Kier molecular flexibility index (Phi) is 6.20. The standard InChI is InChI=1S/C11H12BrClN2O4/c1-19-6-9(5-13)14-11(16)7-2-8(12)4-10(3-7)15(17)18/h2-4,9H,5-6H2,1H3,(H,14,16). The highest BCUT2D eigenvalue weighted by Crippen LogP contribution is 2.21. The molecule has 1 atom stereocenters. The summed E-state index contributed by atoms with van der Waals surface area (Å²) in [6.07, 6.45) is 0. The van der Waals surface area contributed by atoms with E-state index in [1.54, 1.807) is 0 Å². The third kappa shape index (κ3) is 4.77. The molecule has 104 valence electrons. The van der Waals surface area contributed by atoms with Crippen molar-refractivity contribution in [2.24, 2.45) is 0 Å². The molecule has 1 unspecified atom stereocenters. The SMILES string of the molecule is COCC(CCl)NC(=O)c1cc(Br)cc([N+](=O)[O-])c1. The minimum absolute atomic E-state index is 0.159. The van der Waals surface area contributed by atoms with Gasteiger partial charge >= 0.3 is 0 Å². The molecule has 1 aromatic rings. The average molecular weight is 352 g/mol. The Morgan fingerprint density at radius 2 is 2.26 bits per heavy atom. The van der Waals surface area contributed by atoms with Crippen LogP contribution in [0.25, 0.3) is 0 Å². The lowest BCUT2D eigenvalue weighted by atomic mass is 10.2. The summed E-state index contributed by atoms with van der Waals surface area (Å²) in [5.41, 5.74) is 0.0287. The highest BCUT2D eigenvalue weighted by atomic mass is 79.9. The van der Waals surface area contributed by atoms with Crippen LogP contribution in [0.15, 0.2) is 22.7 Å². The van der Waals surface area contributed by atoms with Crippen LogP contribution in [0.5, 0.6) is 0 Å². The van der Waals surface area contributed by atoms with E-state index in [9.17, 15) is 14.9 Å². The normalized spacial score (nSPS) is 11.9. The zero-order chi connectivity index (χ0) is 14.4. The molecule has 8 heteroatoms. The summed E-state index contributed by atoms with van der Waals surface area (Å²) >= 11 is 8.81. The number of carbonyl (C=O) groups is 1. The van der Waals surface area contributed by atoms with Gasteiger partial charge in [-0.25, -0.2) is 0 Å². The molecule has 0 bridgehead atoms. The molecule has 6 nitrogen and oxygen atoms in total. The number of nitro benzene ring substituents is 1. The Hall–Kier alpha value is -1.18. The number of methoxy groups -OCH3 is 1. The molecule has 1 amide bonds. The number of nitro groups is 1. The quantitative estimate of drug-likeness (QED) is 0.484. The van der Waals surface area contributed by atoms with Gasteiger partial charge in [0, 0.05) is 35.2 Å². The van der Waals surface area contributed by atoms with Crippen LogP contribution in [-0.2, 0) is 4.74 Å². The molecule has 0 radical (unpaired) electrons. The van der Waals surface area contributed by atoms with Crippen LogP contribution in [-0.4, -0.2) is 36.5 Å². The molecule has 0 heterocycles. The van der Waals surface area contributed by atoms with Crippen LogP contribution in [0.3, 0.4) is 0 Å². The molecule has 0 spiro atoms. The van der Waals surface area contributed by atoms with Crippen molar-refractivity contribution >= 4 is 39.1 Å². The van der Waals surface area contributed by atoms with Crippen LogP contribution < -0.4 is 5.32 Å². The summed E-state index contributed by atoms with van der Waals surface area (Å²) in [6.45, 7) is 0.269. The van der Waals surface area contributed by atoms with Gasteiger partial charge in [0.25, 0.3) is 11.6 Å². The second-order valence-corrected chi connectivity index (χ2v) is 4.96. The Bertz CT molecular complexity index is 484. The van der Waals surface area contributed by atoms with Gasteiger partial charge in [0.1, 0.15) is 0 Å². The van der Waals surface area contributed by atoms with Gasteiger partial charge in [0.15, 0.2) is 0 Å². The van der Waals surface area contributed by atoms with E-state index in [0.717, 1.165) is 0 Å². The van der Waals surface area contributed by atoms with Gasteiger partial charge in [-0.3, -0.25) is 14.9 Å². The fourth-order valence-corrected chi connectivity index (χ4v) is 2.05. The van der Waals surface area contributed by atoms with Crippen LogP contribution >= 0.6 is 27.5 Å². The molecule has 0 aromatic heterocycles. The number of carbonyl (C=O) groups excluding carboxylic acids is 1. The van der Waals surface area contributed by atoms with E-state index in [0.29, 0.717) is 4.47 Å². The lowest BCUT2D eigenvalue weighted by Gasteiger charge is -2.14. The first kappa shape index (κ1) is 15.9. The first-order chi connectivity index (χ1) is 8.97. The molecule has 0 aliphatic heterocycles. The highest BCUT2D eigenvalue weighted by molar-refractivity contribution is 9.10.